The predicted octanol–water partition coefficient (Wildman–Crippen LogP) is 3.88. The lowest BCUT2D eigenvalue weighted by atomic mass is 9.84. The highest BCUT2D eigenvalue weighted by molar-refractivity contribution is 6.21. The number of hydrogen-bond acceptors (Lipinski definition) is 3. The standard InChI is InChI=1S/C18H21ClF2N4O/c1-9-5-15(18(19,20)21)25-16(22-9)8-14(24-25)17(26)23-10(2)13-7-11-3-4-12(13)6-11/h5,8,10-13H,3-4,6-7H2,1-2H3,(H,23,26). The summed E-state index contributed by atoms with van der Waals surface area (Å²) in [7, 11) is 0. The molecule has 1 N–H and O–H groups in total. The van der Waals surface area contributed by atoms with Crippen LogP contribution in [0.3, 0.4) is 0 Å². The lowest BCUT2D eigenvalue weighted by Crippen LogP contribution is -2.40. The molecule has 4 unspecified atom stereocenters. The molecule has 8 heteroatoms. The lowest BCUT2D eigenvalue weighted by molar-refractivity contribution is 0.0860. The van der Waals surface area contributed by atoms with Gasteiger partial charge in [0.15, 0.2) is 11.3 Å². The second-order valence-electron chi connectivity index (χ2n) is 7.68. The van der Waals surface area contributed by atoms with Gasteiger partial charge in [-0.25, -0.2) is 9.50 Å². The molecule has 0 aromatic carbocycles. The number of fused-ring (bicyclic) bond motifs is 3. The van der Waals surface area contributed by atoms with E-state index < -0.39 is 11.1 Å². The Bertz CT molecular complexity index is 863. The fourth-order valence-electron chi connectivity index (χ4n) is 4.71. The normalized spacial score (nSPS) is 26.4. The summed E-state index contributed by atoms with van der Waals surface area (Å²) in [6, 6.07) is 2.63. The van der Waals surface area contributed by atoms with Gasteiger partial charge in [0.1, 0.15) is 5.69 Å². The maximum atomic E-state index is 13.7. The number of carbonyl (C=O) groups is 1. The van der Waals surface area contributed by atoms with Crippen LogP contribution in [0.4, 0.5) is 8.78 Å². The molecule has 26 heavy (non-hydrogen) atoms. The molecule has 4 rings (SSSR count). The molecule has 2 aromatic heterocycles. The van der Waals surface area contributed by atoms with E-state index in [1.165, 1.54) is 31.4 Å². The van der Waals surface area contributed by atoms with E-state index in [-0.39, 0.29) is 23.3 Å². The quantitative estimate of drug-likeness (QED) is 0.816. The van der Waals surface area contributed by atoms with Crippen LogP contribution in [0.1, 0.15) is 54.5 Å². The number of halogens is 3. The first-order valence-electron chi connectivity index (χ1n) is 8.98. The molecule has 2 aliphatic rings. The number of nitrogens with zero attached hydrogens (tertiary/aromatic N) is 3. The molecule has 2 heterocycles. The van der Waals surface area contributed by atoms with Gasteiger partial charge in [-0.1, -0.05) is 6.42 Å². The Kier molecular flexibility index (Phi) is 4.17. The van der Waals surface area contributed by atoms with Crippen molar-refractivity contribution < 1.29 is 13.6 Å². The van der Waals surface area contributed by atoms with Crippen LogP contribution in [0.25, 0.3) is 5.65 Å². The van der Waals surface area contributed by atoms with Crippen LogP contribution in [0.15, 0.2) is 12.1 Å². The van der Waals surface area contributed by atoms with Crippen molar-refractivity contribution in [3.8, 4) is 0 Å². The van der Waals surface area contributed by atoms with E-state index in [0.29, 0.717) is 17.5 Å². The summed E-state index contributed by atoms with van der Waals surface area (Å²) in [5, 5.41) is 3.42. The minimum Gasteiger partial charge on any atom is -0.348 e. The first-order chi connectivity index (χ1) is 12.2. The third-order valence-electron chi connectivity index (χ3n) is 5.87. The van der Waals surface area contributed by atoms with Gasteiger partial charge in [-0.15, -0.1) is 0 Å². The zero-order valence-corrected chi connectivity index (χ0v) is 15.4. The summed E-state index contributed by atoms with van der Waals surface area (Å²) in [6.07, 6.45) is 4.95. The first-order valence-corrected chi connectivity index (χ1v) is 9.35. The summed E-state index contributed by atoms with van der Waals surface area (Å²) in [4.78, 5) is 16.8. The molecule has 2 bridgehead atoms. The molecule has 2 aliphatic carbocycles. The first kappa shape index (κ1) is 17.6. The van der Waals surface area contributed by atoms with E-state index in [1.807, 2.05) is 6.92 Å². The molecule has 140 valence electrons. The number of nitrogens with one attached hydrogen (secondary N) is 1. The van der Waals surface area contributed by atoms with Crippen molar-refractivity contribution in [2.75, 3.05) is 0 Å². The molecule has 2 fully saturated rings. The van der Waals surface area contributed by atoms with Crippen LogP contribution in [-0.4, -0.2) is 26.5 Å². The van der Waals surface area contributed by atoms with E-state index in [2.05, 4.69) is 15.4 Å². The molecule has 5 nitrogen and oxygen atoms in total. The summed E-state index contributed by atoms with van der Waals surface area (Å²) >= 11 is 5.18. The van der Waals surface area contributed by atoms with Gasteiger partial charge in [-0.2, -0.15) is 13.9 Å². The molecule has 2 saturated carbocycles. The summed E-state index contributed by atoms with van der Waals surface area (Å²) < 4.78 is 28.2. The van der Waals surface area contributed by atoms with Crippen LogP contribution in [0.5, 0.6) is 0 Å². The number of amides is 1. The van der Waals surface area contributed by atoms with E-state index in [1.54, 1.807) is 6.92 Å². The van der Waals surface area contributed by atoms with Gasteiger partial charge in [0, 0.05) is 17.8 Å². The minimum absolute atomic E-state index is 0.0336. The van der Waals surface area contributed by atoms with E-state index in [0.717, 1.165) is 16.9 Å². The predicted molar refractivity (Wildman–Crippen MR) is 93.3 cm³/mol. The number of hydrogen-bond donors (Lipinski definition) is 1. The zero-order chi connectivity index (χ0) is 18.6. The van der Waals surface area contributed by atoms with Crippen molar-refractivity contribution >= 4 is 23.2 Å². The highest BCUT2D eigenvalue weighted by atomic mass is 35.5. The highest BCUT2D eigenvalue weighted by Gasteiger charge is 2.42. The van der Waals surface area contributed by atoms with Crippen molar-refractivity contribution in [3.05, 3.63) is 29.2 Å². The number of rotatable bonds is 4. The van der Waals surface area contributed by atoms with Gasteiger partial charge in [0.25, 0.3) is 5.91 Å². The molecule has 1 amide bonds. The van der Waals surface area contributed by atoms with Gasteiger partial charge in [-0.05, 0) is 68.5 Å². The Labute approximate surface area is 155 Å². The molecule has 0 radical (unpaired) electrons. The van der Waals surface area contributed by atoms with Crippen molar-refractivity contribution in [1.29, 1.82) is 0 Å². The third kappa shape index (κ3) is 3.06. The number of alkyl halides is 3. The Morgan fingerprint density at radius 1 is 1.38 bits per heavy atom. The van der Waals surface area contributed by atoms with Crippen molar-refractivity contribution in [2.24, 2.45) is 17.8 Å². The average Bonchev–Trinajstić information content (AvgIpc) is 3.27. The highest BCUT2D eigenvalue weighted by Crippen LogP contribution is 2.49. The maximum absolute atomic E-state index is 13.7. The van der Waals surface area contributed by atoms with Gasteiger partial charge >= 0.3 is 5.38 Å². The summed E-state index contributed by atoms with van der Waals surface area (Å²) in [5.74, 6) is 1.59. The van der Waals surface area contributed by atoms with Gasteiger partial charge in [0.2, 0.25) is 0 Å². The largest absolute Gasteiger partial charge is 0.364 e. The van der Waals surface area contributed by atoms with Crippen LogP contribution >= 0.6 is 11.6 Å². The van der Waals surface area contributed by atoms with Crippen molar-refractivity contribution in [2.45, 2.75) is 51.0 Å². The van der Waals surface area contributed by atoms with Crippen LogP contribution in [0.2, 0.25) is 0 Å². The zero-order valence-electron chi connectivity index (χ0n) is 14.7. The fraction of sp³-hybridized carbons (Fsp3) is 0.611. The molecule has 4 atom stereocenters. The lowest BCUT2D eigenvalue weighted by Gasteiger charge is -2.28. The third-order valence-corrected chi connectivity index (χ3v) is 6.07. The summed E-state index contributed by atoms with van der Waals surface area (Å²) in [5.41, 5.74) is 0.134. The Morgan fingerprint density at radius 3 is 2.77 bits per heavy atom. The number of aryl methyl sites for hydroxylation is 1. The average molecular weight is 383 g/mol. The van der Waals surface area contributed by atoms with Gasteiger partial charge in [0.05, 0.1) is 0 Å². The van der Waals surface area contributed by atoms with Crippen LogP contribution in [0, 0.1) is 24.7 Å². The molecule has 0 saturated heterocycles. The number of carbonyl (C=O) groups excluding carboxylic acids is 1. The molecular weight excluding hydrogens is 362 g/mol. The van der Waals surface area contributed by atoms with Crippen molar-refractivity contribution in [3.63, 3.8) is 0 Å². The van der Waals surface area contributed by atoms with Crippen molar-refractivity contribution in [1.82, 2.24) is 19.9 Å². The van der Waals surface area contributed by atoms with Gasteiger partial charge in [-0.3, -0.25) is 4.79 Å². The molecule has 0 spiro atoms. The van der Waals surface area contributed by atoms with E-state index in [4.69, 9.17) is 11.6 Å². The Balaban J connectivity index is 1.57. The number of aromatic nitrogens is 3. The second-order valence-corrected chi connectivity index (χ2v) is 8.16. The smallest absolute Gasteiger partial charge is 0.348 e. The van der Waals surface area contributed by atoms with E-state index in [9.17, 15) is 13.6 Å². The second kappa shape index (κ2) is 6.15. The van der Waals surface area contributed by atoms with Crippen LogP contribution in [-0.2, 0) is 5.38 Å². The summed E-state index contributed by atoms with van der Waals surface area (Å²) in [6.45, 7) is 3.61. The Morgan fingerprint density at radius 2 is 2.15 bits per heavy atom. The maximum Gasteiger partial charge on any atom is 0.364 e. The van der Waals surface area contributed by atoms with E-state index >= 15 is 0 Å². The van der Waals surface area contributed by atoms with Crippen LogP contribution < -0.4 is 5.32 Å². The topological polar surface area (TPSA) is 59.3 Å². The SMILES string of the molecule is Cc1cc(C(F)(F)Cl)n2nc(C(=O)NC(C)C3CC4CCC3C4)cc2n1. The fourth-order valence-corrected chi connectivity index (χ4v) is 4.84. The molecule has 2 aromatic rings. The monoisotopic (exact) mass is 382 g/mol. The minimum atomic E-state index is -3.60. The molecular formula is C18H21ClF2N4O. The van der Waals surface area contributed by atoms with Gasteiger partial charge < -0.3 is 5.32 Å². The Hall–Kier alpha value is -1.76. The molecule has 0 aliphatic heterocycles.